The Hall–Kier alpha value is -0.690. The molecule has 1 saturated carbocycles. The van der Waals surface area contributed by atoms with Gasteiger partial charge in [0.15, 0.2) is 5.82 Å². The van der Waals surface area contributed by atoms with Crippen molar-refractivity contribution in [1.82, 2.24) is 4.31 Å². The summed E-state index contributed by atoms with van der Waals surface area (Å²) in [5.41, 5.74) is 5.74. The van der Waals surface area contributed by atoms with E-state index in [4.69, 9.17) is 17.3 Å². The maximum absolute atomic E-state index is 14.1. The molecule has 0 heterocycles. The minimum absolute atomic E-state index is 0.127. The van der Waals surface area contributed by atoms with Gasteiger partial charge in [-0.15, -0.1) is 0 Å². The molecule has 21 heavy (non-hydrogen) atoms. The highest BCUT2D eigenvalue weighted by Gasteiger charge is 2.38. The molecule has 118 valence electrons. The Labute approximate surface area is 130 Å². The van der Waals surface area contributed by atoms with Crippen LogP contribution in [-0.4, -0.2) is 31.9 Å². The first-order valence-corrected chi connectivity index (χ1v) is 8.91. The summed E-state index contributed by atoms with van der Waals surface area (Å²) in [5, 5.41) is -0.186. The molecule has 1 fully saturated rings. The Morgan fingerprint density at radius 3 is 2.76 bits per heavy atom. The Morgan fingerprint density at radius 2 is 2.14 bits per heavy atom. The third kappa shape index (κ3) is 3.08. The van der Waals surface area contributed by atoms with Gasteiger partial charge in [0.2, 0.25) is 10.0 Å². The van der Waals surface area contributed by atoms with Crippen LogP contribution in [0.25, 0.3) is 0 Å². The second kappa shape index (κ2) is 6.60. The number of rotatable bonds is 5. The minimum atomic E-state index is -3.91. The van der Waals surface area contributed by atoms with E-state index in [2.05, 4.69) is 0 Å². The van der Waals surface area contributed by atoms with E-state index in [0.29, 0.717) is 6.54 Å². The molecule has 0 bridgehead atoms. The molecule has 2 rings (SSSR count). The van der Waals surface area contributed by atoms with Crippen LogP contribution >= 0.6 is 11.6 Å². The average Bonchev–Trinajstić information content (AvgIpc) is 2.90. The molecule has 0 saturated heterocycles. The summed E-state index contributed by atoms with van der Waals surface area (Å²) in [7, 11) is -3.91. The quantitative estimate of drug-likeness (QED) is 0.900. The number of halogens is 2. The van der Waals surface area contributed by atoms with Crippen molar-refractivity contribution in [2.45, 2.75) is 37.1 Å². The molecule has 0 amide bonds. The molecule has 2 atom stereocenters. The maximum Gasteiger partial charge on any atom is 0.246 e. The molecule has 1 aromatic rings. The van der Waals surface area contributed by atoms with E-state index in [1.807, 2.05) is 0 Å². The van der Waals surface area contributed by atoms with Crippen LogP contribution in [0.15, 0.2) is 23.1 Å². The van der Waals surface area contributed by atoms with E-state index >= 15 is 0 Å². The smallest absolute Gasteiger partial charge is 0.246 e. The second-order valence-corrected chi connectivity index (χ2v) is 7.52. The normalized spacial score (nSPS) is 22.9. The van der Waals surface area contributed by atoms with Gasteiger partial charge in [-0.05, 0) is 37.4 Å². The van der Waals surface area contributed by atoms with Gasteiger partial charge in [0.25, 0.3) is 0 Å². The third-order valence-electron chi connectivity index (χ3n) is 4.11. The van der Waals surface area contributed by atoms with Crippen molar-refractivity contribution in [3.05, 3.63) is 29.0 Å². The van der Waals surface area contributed by atoms with Crippen LogP contribution in [0.5, 0.6) is 0 Å². The first-order chi connectivity index (χ1) is 9.93. The lowest BCUT2D eigenvalue weighted by molar-refractivity contribution is 0.275. The summed E-state index contributed by atoms with van der Waals surface area (Å²) < 4.78 is 41.0. The fraction of sp³-hybridized carbons (Fsp3) is 0.571. The molecule has 1 aromatic carbocycles. The van der Waals surface area contributed by atoms with Crippen molar-refractivity contribution in [3.63, 3.8) is 0 Å². The van der Waals surface area contributed by atoms with Crippen LogP contribution in [0.3, 0.4) is 0 Å². The number of sulfonamides is 1. The fourth-order valence-electron chi connectivity index (χ4n) is 3.06. The van der Waals surface area contributed by atoms with Gasteiger partial charge in [-0.1, -0.05) is 31.0 Å². The summed E-state index contributed by atoms with van der Waals surface area (Å²) in [6.45, 7) is 2.48. The highest BCUT2D eigenvalue weighted by molar-refractivity contribution is 7.89. The van der Waals surface area contributed by atoms with Gasteiger partial charge in [-0.25, -0.2) is 12.8 Å². The maximum atomic E-state index is 14.1. The fourth-order valence-corrected chi connectivity index (χ4v) is 5.11. The van der Waals surface area contributed by atoms with E-state index < -0.39 is 15.8 Å². The molecule has 0 aromatic heterocycles. The molecular weight excluding hydrogens is 315 g/mol. The zero-order valence-electron chi connectivity index (χ0n) is 11.9. The molecule has 1 aliphatic rings. The van der Waals surface area contributed by atoms with E-state index in [1.54, 1.807) is 6.92 Å². The lowest BCUT2D eigenvalue weighted by Gasteiger charge is -2.31. The van der Waals surface area contributed by atoms with Crippen LogP contribution in [0, 0.1) is 11.7 Å². The first kappa shape index (κ1) is 16.7. The topological polar surface area (TPSA) is 63.4 Å². The van der Waals surface area contributed by atoms with Crippen LogP contribution in [0.1, 0.15) is 26.2 Å². The summed E-state index contributed by atoms with van der Waals surface area (Å²) in [6, 6.07) is 3.88. The minimum Gasteiger partial charge on any atom is -0.330 e. The Bertz CT molecular complexity index is 609. The first-order valence-electron chi connectivity index (χ1n) is 7.09. The van der Waals surface area contributed by atoms with Crippen LogP contribution in [-0.2, 0) is 10.0 Å². The van der Waals surface area contributed by atoms with Crippen LogP contribution in [0.4, 0.5) is 4.39 Å². The van der Waals surface area contributed by atoms with Gasteiger partial charge in [-0.2, -0.15) is 4.31 Å². The highest BCUT2D eigenvalue weighted by atomic mass is 35.5. The van der Waals surface area contributed by atoms with E-state index in [-0.39, 0.29) is 28.4 Å². The molecule has 4 nitrogen and oxygen atoms in total. The molecule has 1 aliphatic carbocycles. The number of benzene rings is 1. The van der Waals surface area contributed by atoms with E-state index in [1.165, 1.54) is 22.5 Å². The van der Waals surface area contributed by atoms with Crippen molar-refractivity contribution in [3.8, 4) is 0 Å². The monoisotopic (exact) mass is 334 g/mol. The van der Waals surface area contributed by atoms with Gasteiger partial charge >= 0.3 is 0 Å². The molecule has 7 heteroatoms. The highest BCUT2D eigenvalue weighted by Crippen LogP contribution is 2.34. The largest absolute Gasteiger partial charge is 0.330 e. The van der Waals surface area contributed by atoms with Gasteiger partial charge in [0.05, 0.1) is 5.02 Å². The Morgan fingerprint density at radius 1 is 1.43 bits per heavy atom. The lowest BCUT2D eigenvalue weighted by Crippen LogP contribution is -2.44. The molecule has 0 spiro atoms. The van der Waals surface area contributed by atoms with Crippen molar-refractivity contribution in [1.29, 1.82) is 0 Å². The predicted octanol–water partition coefficient (Wildman–Crippen LogP) is 2.62. The summed E-state index contributed by atoms with van der Waals surface area (Å²) in [4.78, 5) is -0.362. The molecule has 0 radical (unpaired) electrons. The molecule has 2 unspecified atom stereocenters. The zero-order chi connectivity index (χ0) is 15.6. The predicted molar refractivity (Wildman–Crippen MR) is 81.2 cm³/mol. The van der Waals surface area contributed by atoms with Crippen molar-refractivity contribution in [2.75, 3.05) is 13.1 Å². The summed E-state index contributed by atoms with van der Waals surface area (Å²) in [5.74, 6) is -0.762. The number of hydrogen-bond donors (Lipinski definition) is 1. The van der Waals surface area contributed by atoms with Crippen LogP contribution < -0.4 is 5.73 Å². The molecule has 2 N–H and O–H groups in total. The number of nitrogens with zero attached hydrogens (tertiary/aromatic N) is 1. The van der Waals surface area contributed by atoms with Gasteiger partial charge in [-0.3, -0.25) is 0 Å². The summed E-state index contributed by atoms with van der Waals surface area (Å²) >= 11 is 5.71. The summed E-state index contributed by atoms with van der Waals surface area (Å²) in [6.07, 6.45) is 2.61. The zero-order valence-corrected chi connectivity index (χ0v) is 13.5. The average molecular weight is 335 g/mol. The number of nitrogens with two attached hydrogens (primary N) is 1. The van der Waals surface area contributed by atoms with Crippen molar-refractivity contribution in [2.24, 2.45) is 11.7 Å². The SMILES string of the molecule is CCN(C1CCCC1CN)S(=O)(=O)c1cccc(Cl)c1F. The third-order valence-corrected chi connectivity index (χ3v) is 6.42. The molecular formula is C14H20ClFN2O2S. The Balaban J connectivity index is 2.43. The lowest BCUT2D eigenvalue weighted by atomic mass is 10.0. The van der Waals surface area contributed by atoms with E-state index in [0.717, 1.165) is 19.3 Å². The Kier molecular flexibility index (Phi) is 5.24. The van der Waals surface area contributed by atoms with E-state index in [9.17, 15) is 12.8 Å². The van der Waals surface area contributed by atoms with Gasteiger partial charge in [0, 0.05) is 12.6 Å². The standard InChI is InChI=1S/C14H20ClFN2O2S/c1-2-18(12-7-3-5-10(12)9-17)21(19,20)13-8-4-6-11(15)14(13)16/h4,6,8,10,12H,2-3,5,7,9,17H2,1H3. The van der Waals surface area contributed by atoms with Gasteiger partial charge < -0.3 is 5.73 Å². The second-order valence-electron chi connectivity index (χ2n) is 5.25. The van der Waals surface area contributed by atoms with Crippen molar-refractivity contribution >= 4 is 21.6 Å². The van der Waals surface area contributed by atoms with Gasteiger partial charge in [0.1, 0.15) is 4.90 Å². The molecule has 0 aliphatic heterocycles. The van der Waals surface area contributed by atoms with Crippen molar-refractivity contribution < 1.29 is 12.8 Å². The van der Waals surface area contributed by atoms with Crippen LogP contribution in [0.2, 0.25) is 5.02 Å². The number of hydrogen-bond acceptors (Lipinski definition) is 3.